The summed E-state index contributed by atoms with van der Waals surface area (Å²) < 4.78 is 1.46. The van der Waals surface area contributed by atoms with Crippen molar-refractivity contribution in [1.29, 1.82) is 0 Å². The molecular weight excluding hydrogens is 206 g/mol. The Hall–Kier alpha value is -1.85. The fourth-order valence-corrected chi connectivity index (χ4v) is 1.48. The smallest absolute Gasteiger partial charge is 0.264 e. The van der Waals surface area contributed by atoms with E-state index in [1.807, 2.05) is 20.8 Å². The maximum absolute atomic E-state index is 11.9. The van der Waals surface area contributed by atoms with Gasteiger partial charge in [0, 0.05) is 12.5 Å². The molecule has 0 saturated carbocycles. The Balaban J connectivity index is 2.84. The van der Waals surface area contributed by atoms with Gasteiger partial charge in [0.1, 0.15) is 17.0 Å². The summed E-state index contributed by atoms with van der Waals surface area (Å²) in [6.45, 7) is 5.93. The second-order valence-electron chi connectivity index (χ2n) is 4.87. The van der Waals surface area contributed by atoms with Crippen LogP contribution in [0.15, 0.2) is 4.79 Å². The molecule has 3 N–H and O–H groups in total. The van der Waals surface area contributed by atoms with Gasteiger partial charge in [0.2, 0.25) is 0 Å². The second kappa shape index (κ2) is 3.07. The number of aromatic amines is 1. The van der Waals surface area contributed by atoms with Gasteiger partial charge in [0.05, 0.1) is 0 Å². The molecule has 0 saturated heterocycles. The number of hydrogen-bond donors (Lipinski definition) is 2. The van der Waals surface area contributed by atoms with Crippen LogP contribution in [0.4, 0.5) is 5.82 Å². The summed E-state index contributed by atoms with van der Waals surface area (Å²) in [6.07, 6.45) is 0. The maximum Gasteiger partial charge on any atom is 0.264 e. The lowest BCUT2D eigenvalue weighted by atomic mass is 9.96. The van der Waals surface area contributed by atoms with Crippen LogP contribution in [0.3, 0.4) is 0 Å². The standard InChI is InChI=1S/C10H15N5O/c1-10(2,3)9-12-7-5(8(16)13-9)6(11)15(4)14-7/h11H2,1-4H3,(H,12,13,14,16). The first-order valence-corrected chi connectivity index (χ1v) is 5.03. The van der Waals surface area contributed by atoms with Gasteiger partial charge < -0.3 is 10.7 Å². The molecule has 0 bridgehead atoms. The van der Waals surface area contributed by atoms with Crippen LogP contribution in [0, 0.1) is 0 Å². The Morgan fingerprint density at radius 2 is 2.00 bits per heavy atom. The summed E-state index contributed by atoms with van der Waals surface area (Å²) in [7, 11) is 1.69. The molecule has 0 amide bonds. The minimum atomic E-state index is -0.236. The number of nitrogens with one attached hydrogen (secondary N) is 1. The van der Waals surface area contributed by atoms with Crippen LogP contribution in [0.1, 0.15) is 26.6 Å². The van der Waals surface area contributed by atoms with E-state index in [1.165, 1.54) is 4.68 Å². The lowest BCUT2D eigenvalue weighted by molar-refractivity contribution is 0.545. The van der Waals surface area contributed by atoms with Crippen LogP contribution in [-0.2, 0) is 12.5 Å². The van der Waals surface area contributed by atoms with E-state index < -0.39 is 0 Å². The van der Waals surface area contributed by atoms with E-state index in [1.54, 1.807) is 7.05 Å². The minimum Gasteiger partial charge on any atom is -0.383 e. The predicted molar refractivity (Wildman–Crippen MR) is 62.2 cm³/mol. The summed E-state index contributed by atoms with van der Waals surface area (Å²) in [5.41, 5.74) is 5.68. The van der Waals surface area contributed by atoms with Gasteiger partial charge in [-0.1, -0.05) is 20.8 Å². The molecule has 0 fully saturated rings. The van der Waals surface area contributed by atoms with Gasteiger partial charge in [-0.3, -0.25) is 9.48 Å². The fourth-order valence-electron chi connectivity index (χ4n) is 1.48. The van der Waals surface area contributed by atoms with Crippen LogP contribution < -0.4 is 11.3 Å². The zero-order chi connectivity index (χ0) is 12.1. The highest BCUT2D eigenvalue weighted by atomic mass is 16.1. The minimum absolute atomic E-state index is 0.223. The first-order chi connectivity index (χ1) is 7.30. The number of H-pyrrole nitrogens is 1. The Morgan fingerprint density at radius 3 is 2.56 bits per heavy atom. The third-order valence-electron chi connectivity index (χ3n) is 2.46. The molecule has 0 atom stereocenters. The number of nitrogen functional groups attached to an aromatic ring is 1. The average Bonchev–Trinajstić information content (AvgIpc) is 2.41. The molecule has 2 rings (SSSR count). The number of rotatable bonds is 0. The van der Waals surface area contributed by atoms with Crippen LogP contribution in [0.25, 0.3) is 11.0 Å². The van der Waals surface area contributed by atoms with Crippen molar-refractivity contribution in [3.63, 3.8) is 0 Å². The molecule has 2 aromatic heterocycles. The van der Waals surface area contributed by atoms with Gasteiger partial charge in [0.15, 0.2) is 5.65 Å². The number of nitrogens with zero attached hydrogens (tertiary/aromatic N) is 3. The van der Waals surface area contributed by atoms with Crippen molar-refractivity contribution in [2.24, 2.45) is 7.05 Å². The van der Waals surface area contributed by atoms with Crippen LogP contribution in [-0.4, -0.2) is 19.7 Å². The quantitative estimate of drug-likeness (QED) is 0.679. The number of anilines is 1. The molecular formula is C10H15N5O. The molecule has 0 spiro atoms. The molecule has 0 radical (unpaired) electrons. The number of nitrogens with two attached hydrogens (primary N) is 1. The van der Waals surface area contributed by atoms with Gasteiger partial charge in [-0.05, 0) is 0 Å². The van der Waals surface area contributed by atoms with Crippen LogP contribution in [0.2, 0.25) is 0 Å². The van der Waals surface area contributed by atoms with E-state index in [2.05, 4.69) is 15.1 Å². The van der Waals surface area contributed by atoms with E-state index >= 15 is 0 Å². The largest absolute Gasteiger partial charge is 0.383 e. The Kier molecular flexibility index (Phi) is 2.04. The van der Waals surface area contributed by atoms with Crippen LogP contribution in [0.5, 0.6) is 0 Å². The summed E-state index contributed by atoms with van der Waals surface area (Å²) in [5, 5.41) is 4.47. The monoisotopic (exact) mass is 221 g/mol. The Morgan fingerprint density at radius 1 is 1.38 bits per heavy atom. The topological polar surface area (TPSA) is 89.6 Å². The van der Waals surface area contributed by atoms with Crippen molar-refractivity contribution >= 4 is 16.9 Å². The van der Waals surface area contributed by atoms with Crippen molar-refractivity contribution in [1.82, 2.24) is 19.7 Å². The Bertz CT molecular complexity index is 602. The zero-order valence-electron chi connectivity index (χ0n) is 9.83. The van der Waals surface area contributed by atoms with Crippen molar-refractivity contribution in [2.75, 3.05) is 5.73 Å². The zero-order valence-corrected chi connectivity index (χ0v) is 9.83. The average molecular weight is 221 g/mol. The molecule has 0 aromatic carbocycles. The molecule has 6 nitrogen and oxygen atoms in total. The molecule has 0 aliphatic heterocycles. The van der Waals surface area contributed by atoms with Gasteiger partial charge in [-0.15, -0.1) is 0 Å². The molecule has 16 heavy (non-hydrogen) atoms. The number of aromatic nitrogens is 4. The molecule has 0 aliphatic rings. The fraction of sp³-hybridized carbons (Fsp3) is 0.500. The van der Waals surface area contributed by atoms with Crippen LogP contribution >= 0.6 is 0 Å². The first-order valence-electron chi connectivity index (χ1n) is 5.03. The number of hydrogen-bond acceptors (Lipinski definition) is 4. The van der Waals surface area contributed by atoms with Gasteiger partial charge in [0.25, 0.3) is 5.56 Å². The molecule has 2 heterocycles. The van der Waals surface area contributed by atoms with E-state index in [0.29, 0.717) is 22.7 Å². The normalized spacial score (nSPS) is 12.2. The lowest BCUT2D eigenvalue weighted by Gasteiger charge is -2.16. The van der Waals surface area contributed by atoms with Gasteiger partial charge >= 0.3 is 0 Å². The molecule has 0 aliphatic carbocycles. The van der Waals surface area contributed by atoms with Gasteiger partial charge in [-0.25, -0.2) is 4.98 Å². The van der Waals surface area contributed by atoms with E-state index in [-0.39, 0.29) is 11.0 Å². The summed E-state index contributed by atoms with van der Waals surface area (Å²) in [5.74, 6) is 0.951. The Labute approximate surface area is 92.5 Å². The highest BCUT2D eigenvalue weighted by molar-refractivity contribution is 5.85. The lowest BCUT2D eigenvalue weighted by Crippen LogP contribution is -2.22. The predicted octanol–water partition coefficient (Wildman–Crippen LogP) is 0.536. The van der Waals surface area contributed by atoms with Crippen molar-refractivity contribution in [3.05, 3.63) is 16.2 Å². The molecule has 0 unspecified atom stereocenters. The third-order valence-corrected chi connectivity index (χ3v) is 2.46. The van der Waals surface area contributed by atoms with Crippen molar-refractivity contribution in [2.45, 2.75) is 26.2 Å². The SMILES string of the molecule is Cn1nc2nc(C(C)(C)C)[nH]c(=O)c2c1N. The summed E-state index contributed by atoms with van der Waals surface area (Å²) >= 11 is 0. The first kappa shape index (κ1) is 10.7. The van der Waals surface area contributed by atoms with Crippen molar-refractivity contribution < 1.29 is 0 Å². The highest BCUT2D eigenvalue weighted by Gasteiger charge is 2.20. The summed E-state index contributed by atoms with van der Waals surface area (Å²) in [4.78, 5) is 18.9. The van der Waals surface area contributed by atoms with E-state index in [4.69, 9.17) is 5.73 Å². The second-order valence-corrected chi connectivity index (χ2v) is 4.87. The van der Waals surface area contributed by atoms with Crippen molar-refractivity contribution in [3.8, 4) is 0 Å². The van der Waals surface area contributed by atoms with Gasteiger partial charge in [-0.2, -0.15) is 5.10 Å². The summed E-state index contributed by atoms with van der Waals surface area (Å²) in [6, 6.07) is 0. The molecule has 2 aromatic rings. The van der Waals surface area contributed by atoms with E-state index in [0.717, 1.165) is 0 Å². The number of fused-ring (bicyclic) bond motifs is 1. The third kappa shape index (κ3) is 1.46. The highest BCUT2D eigenvalue weighted by Crippen LogP contribution is 2.20. The molecule has 6 heteroatoms. The molecule has 86 valence electrons. The number of aryl methyl sites for hydroxylation is 1. The van der Waals surface area contributed by atoms with E-state index in [9.17, 15) is 4.79 Å². The maximum atomic E-state index is 11.9.